The van der Waals surface area contributed by atoms with Gasteiger partial charge >= 0.3 is 0 Å². The average Bonchev–Trinajstić information content (AvgIpc) is 3.50. The lowest BCUT2D eigenvalue weighted by molar-refractivity contribution is -0.130. The van der Waals surface area contributed by atoms with Crippen molar-refractivity contribution in [2.75, 3.05) is 26.2 Å². The number of hydrogen-bond acceptors (Lipinski definition) is 6. The third-order valence-electron chi connectivity index (χ3n) is 6.93. The molecule has 3 aliphatic rings. The molecule has 2 atom stereocenters. The van der Waals surface area contributed by atoms with E-state index in [1.807, 2.05) is 17.2 Å². The number of nitrogens with zero attached hydrogens (tertiary/aromatic N) is 4. The molecule has 2 fully saturated rings. The van der Waals surface area contributed by atoms with Crippen molar-refractivity contribution in [3.63, 3.8) is 0 Å². The van der Waals surface area contributed by atoms with Crippen LogP contribution in [0.2, 0.25) is 0 Å². The molecule has 3 aliphatic heterocycles. The number of H-pyrrole nitrogens is 1. The van der Waals surface area contributed by atoms with Gasteiger partial charge < -0.3 is 14.6 Å². The molecule has 2 saturated heterocycles. The van der Waals surface area contributed by atoms with E-state index in [1.54, 1.807) is 6.20 Å². The van der Waals surface area contributed by atoms with E-state index in [0.29, 0.717) is 25.9 Å². The van der Waals surface area contributed by atoms with E-state index in [-0.39, 0.29) is 23.5 Å². The van der Waals surface area contributed by atoms with Crippen LogP contribution >= 0.6 is 0 Å². The highest BCUT2D eigenvalue weighted by Crippen LogP contribution is 2.27. The number of ether oxygens (including phenoxy) is 1. The summed E-state index contributed by atoms with van der Waals surface area (Å²) < 4.78 is 5.64. The van der Waals surface area contributed by atoms with Gasteiger partial charge in [-0.15, -0.1) is 0 Å². The maximum atomic E-state index is 12.8. The Bertz CT molecular complexity index is 1000. The zero-order valence-electron chi connectivity index (χ0n) is 18.5. The van der Waals surface area contributed by atoms with Gasteiger partial charge in [0.05, 0.1) is 11.8 Å². The van der Waals surface area contributed by atoms with Gasteiger partial charge in [-0.3, -0.25) is 19.5 Å². The van der Waals surface area contributed by atoms with E-state index >= 15 is 0 Å². The zero-order valence-corrected chi connectivity index (χ0v) is 18.5. The number of rotatable bonds is 6. The van der Waals surface area contributed by atoms with E-state index in [0.717, 1.165) is 74.6 Å². The van der Waals surface area contributed by atoms with Gasteiger partial charge in [-0.25, -0.2) is 4.98 Å². The average molecular weight is 438 g/mol. The fourth-order valence-electron chi connectivity index (χ4n) is 5.12. The van der Waals surface area contributed by atoms with Gasteiger partial charge in [0, 0.05) is 69.6 Å². The van der Waals surface area contributed by atoms with E-state index in [4.69, 9.17) is 9.72 Å². The second kappa shape index (κ2) is 9.50. The van der Waals surface area contributed by atoms with Gasteiger partial charge in [-0.1, -0.05) is 6.07 Å². The first-order valence-electron chi connectivity index (χ1n) is 11.8. The Morgan fingerprint density at radius 3 is 3.03 bits per heavy atom. The van der Waals surface area contributed by atoms with Crippen LogP contribution < -0.4 is 5.56 Å². The molecule has 0 aromatic carbocycles. The first-order valence-corrected chi connectivity index (χ1v) is 11.8. The highest BCUT2D eigenvalue weighted by atomic mass is 16.5. The van der Waals surface area contributed by atoms with E-state index in [9.17, 15) is 9.59 Å². The molecule has 0 aliphatic carbocycles. The molecule has 170 valence electrons. The Morgan fingerprint density at radius 1 is 1.28 bits per heavy atom. The fourth-order valence-corrected chi connectivity index (χ4v) is 5.12. The first-order chi connectivity index (χ1) is 15.7. The monoisotopic (exact) mass is 437 g/mol. The summed E-state index contributed by atoms with van der Waals surface area (Å²) in [6.07, 6.45) is 8.95. The molecular formula is C24H31N5O3. The summed E-state index contributed by atoms with van der Waals surface area (Å²) in [7, 11) is 0. The van der Waals surface area contributed by atoms with Crippen LogP contribution in [0.3, 0.4) is 0 Å². The summed E-state index contributed by atoms with van der Waals surface area (Å²) in [6, 6.07) is 4.02. The minimum absolute atomic E-state index is 0.0193. The molecule has 0 bridgehead atoms. The van der Waals surface area contributed by atoms with Crippen molar-refractivity contribution < 1.29 is 9.53 Å². The van der Waals surface area contributed by atoms with Crippen molar-refractivity contribution in [3.8, 4) is 0 Å². The number of carbonyl (C=O) groups is 1. The Hall–Kier alpha value is -2.58. The summed E-state index contributed by atoms with van der Waals surface area (Å²) in [5.74, 6) is 1.01. The number of likely N-dealkylation sites (tertiary alicyclic amines) is 1. The Labute approximate surface area is 188 Å². The predicted molar refractivity (Wildman–Crippen MR) is 119 cm³/mol. The molecule has 8 heteroatoms. The Morgan fingerprint density at radius 2 is 2.22 bits per heavy atom. The maximum Gasteiger partial charge on any atom is 0.254 e. The van der Waals surface area contributed by atoms with E-state index in [2.05, 4.69) is 20.9 Å². The fraction of sp³-hybridized carbons (Fsp3) is 0.583. The number of carbonyl (C=O) groups excluding carboxylic acids is 1. The van der Waals surface area contributed by atoms with Crippen LogP contribution in [-0.2, 0) is 29.0 Å². The number of amides is 1. The van der Waals surface area contributed by atoms with Gasteiger partial charge in [0.15, 0.2) is 0 Å². The summed E-state index contributed by atoms with van der Waals surface area (Å²) in [6.45, 7) is 4.48. The third-order valence-corrected chi connectivity index (χ3v) is 6.93. The van der Waals surface area contributed by atoms with Crippen LogP contribution in [0.1, 0.15) is 60.7 Å². The molecule has 0 saturated carbocycles. The van der Waals surface area contributed by atoms with Crippen molar-refractivity contribution in [2.24, 2.45) is 0 Å². The van der Waals surface area contributed by atoms with Crippen molar-refractivity contribution in [1.82, 2.24) is 24.8 Å². The molecule has 5 rings (SSSR count). The van der Waals surface area contributed by atoms with Crippen molar-refractivity contribution >= 4 is 5.91 Å². The van der Waals surface area contributed by atoms with Crippen LogP contribution in [0.4, 0.5) is 0 Å². The minimum Gasteiger partial charge on any atom is -0.378 e. The quantitative estimate of drug-likeness (QED) is 0.743. The van der Waals surface area contributed by atoms with Crippen LogP contribution in [0.15, 0.2) is 29.3 Å². The standard InChI is InChI=1S/C24H31N5O3/c30-22(6-5-19-4-2-12-32-19)29-11-7-18(15-29)23-26-21-16-28(10-8-20(21)24(31)27-23)14-17-3-1-9-25-13-17/h1,3,9,13,18-19H,2,4-8,10-12,14-16H2,(H,26,27,31)/t18-,19+/m0/s1. The first kappa shape index (κ1) is 21.3. The Kier molecular flexibility index (Phi) is 6.32. The molecule has 2 aromatic heterocycles. The summed E-state index contributed by atoms with van der Waals surface area (Å²) in [5, 5.41) is 0. The van der Waals surface area contributed by atoms with Crippen molar-refractivity contribution in [1.29, 1.82) is 0 Å². The van der Waals surface area contributed by atoms with Crippen LogP contribution in [0, 0.1) is 0 Å². The van der Waals surface area contributed by atoms with Gasteiger partial charge in [0.25, 0.3) is 5.56 Å². The summed E-state index contributed by atoms with van der Waals surface area (Å²) in [5.41, 5.74) is 2.82. The van der Waals surface area contributed by atoms with Gasteiger partial charge in [-0.05, 0) is 43.7 Å². The van der Waals surface area contributed by atoms with E-state index in [1.165, 1.54) is 0 Å². The summed E-state index contributed by atoms with van der Waals surface area (Å²) >= 11 is 0. The van der Waals surface area contributed by atoms with Crippen molar-refractivity contribution in [2.45, 2.75) is 63.6 Å². The number of aromatic nitrogens is 3. The molecule has 32 heavy (non-hydrogen) atoms. The van der Waals surface area contributed by atoms with Crippen LogP contribution in [0.5, 0.6) is 0 Å². The molecule has 8 nitrogen and oxygen atoms in total. The van der Waals surface area contributed by atoms with Gasteiger partial charge in [0.2, 0.25) is 5.91 Å². The number of fused-ring (bicyclic) bond motifs is 1. The summed E-state index contributed by atoms with van der Waals surface area (Å²) in [4.78, 5) is 41.7. The SMILES string of the molecule is O=C(CC[C@H]1CCCO1)N1CC[C@H](c2nc3c(c(=O)[nH]2)CCN(Cc2cccnc2)C3)C1. The molecule has 5 heterocycles. The Balaban J connectivity index is 1.22. The lowest BCUT2D eigenvalue weighted by atomic mass is 10.0. The molecule has 1 amide bonds. The lowest BCUT2D eigenvalue weighted by Gasteiger charge is -2.28. The molecule has 0 radical (unpaired) electrons. The molecule has 1 N–H and O–H groups in total. The molecule has 0 unspecified atom stereocenters. The molecule has 0 spiro atoms. The van der Waals surface area contributed by atoms with Crippen molar-refractivity contribution in [3.05, 3.63) is 57.5 Å². The van der Waals surface area contributed by atoms with Crippen LogP contribution in [0.25, 0.3) is 0 Å². The smallest absolute Gasteiger partial charge is 0.254 e. The number of aromatic amines is 1. The number of pyridine rings is 1. The van der Waals surface area contributed by atoms with Gasteiger partial charge in [0.1, 0.15) is 5.82 Å². The second-order valence-electron chi connectivity index (χ2n) is 9.20. The normalized spacial score (nSPS) is 23.4. The zero-order chi connectivity index (χ0) is 21.9. The topological polar surface area (TPSA) is 91.4 Å². The third kappa shape index (κ3) is 4.76. The van der Waals surface area contributed by atoms with Gasteiger partial charge in [-0.2, -0.15) is 0 Å². The number of hydrogen-bond donors (Lipinski definition) is 1. The maximum absolute atomic E-state index is 12.8. The predicted octanol–water partition coefficient (Wildman–Crippen LogP) is 2.00. The second-order valence-corrected chi connectivity index (χ2v) is 9.20. The van der Waals surface area contributed by atoms with E-state index < -0.39 is 0 Å². The highest BCUT2D eigenvalue weighted by molar-refractivity contribution is 5.76. The number of nitrogens with one attached hydrogen (secondary N) is 1. The minimum atomic E-state index is -0.0193. The molecule has 2 aromatic rings. The molecular weight excluding hydrogens is 406 g/mol. The largest absolute Gasteiger partial charge is 0.378 e. The lowest BCUT2D eigenvalue weighted by Crippen LogP contribution is -2.36. The van der Waals surface area contributed by atoms with Crippen LogP contribution in [-0.4, -0.2) is 63.0 Å². The highest BCUT2D eigenvalue weighted by Gasteiger charge is 2.31.